The Kier molecular flexibility index (Phi) is 5.51. The van der Waals surface area contributed by atoms with E-state index in [1.807, 2.05) is 30.3 Å². The van der Waals surface area contributed by atoms with Crippen LogP contribution in [0.4, 0.5) is 0 Å². The van der Waals surface area contributed by atoms with Gasteiger partial charge in [-0.2, -0.15) is 0 Å². The van der Waals surface area contributed by atoms with E-state index in [9.17, 15) is 4.79 Å². The summed E-state index contributed by atoms with van der Waals surface area (Å²) >= 11 is 6.16. The first-order chi connectivity index (χ1) is 12.1. The molecule has 1 amide bonds. The summed E-state index contributed by atoms with van der Waals surface area (Å²) in [5.74, 6) is 0.622. The van der Waals surface area contributed by atoms with Crippen LogP contribution in [0.2, 0.25) is 5.02 Å². The molecule has 2 aromatic carbocycles. The zero-order chi connectivity index (χ0) is 17.6. The van der Waals surface area contributed by atoms with Crippen molar-refractivity contribution in [3.05, 3.63) is 71.4 Å². The van der Waals surface area contributed by atoms with E-state index in [0.29, 0.717) is 22.8 Å². The number of fused-ring (bicyclic) bond motifs is 1. The Labute approximate surface area is 151 Å². The third-order valence-corrected chi connectivity index (χ3v) is 4.34. The van der Waals surface area contributed by atoms with Crippen LogP contribution >= 0.6 is 11.6 Å². The number of nitrogens with one attached hydrogen (secondary N) is 1. The Morgan fingerprint density at radius 2 is 1.96 bits per heavy atom. The maximum absolute atomic E-state index is 12.1. The molecule has 0 aliphatic rings. The molecule has 4 nitrogen and oxygen atoms in total. The summed E-state index contributed by atoms with van der Waals surface area (Å²) in [6.45, 7) is 2.58. The van der Waals surface area contributed by atoms with Gasteiger partial charge in [-0.15, -0.1) is 0 Å². The van der Waals surface area contributed by atoms with Gasteiger partial charge in [0, 0.05) is 18.1 Å². The third-order valence-electron chi connectivity index (χ3n) is 4.01. The van der Waals surface area contributed by atoms with Crippen molar-refractivity contribution in [2.75, 3.05) is 13.2 Å². The van der Waals surface area contributed by atoms with Crippen molar-refractivity contribution in [3.8, 4) is 5.75 Å². The molecule has 1 N–H and O–H groups in total. The number of ether oxygens (including phenoxy) is 1. The van der Waals surface area contributed by atoms with Gasteiger partial charge in [0.25, 0.3) is 5.91 Å². The molecule has 1 heterocycles. The van der Waals surface area contributed by atoms with E-state index < -0.39 is 0 Å². The van der Waals surface area contributed by atoms with E-state index in [1.54, 1.807) is 18.3 Å². The lowest BCUT2D eigenvalue weighted by Crippen LogP contribution is -2.31. The van der Waals surface area contributed by atoms with Crippen molar-refractivity contribution >= 4 is 28.4 Å². The fraction of sp³-hybridized carbons (Fsp3) is 0.200. The molecule has 0 aliphatic heterocycles. The average molecular weight is 355 g/mol. The van der Waals surface area contributed by atoms with E-state index in [2.05, 4.69) is 29.4 Å². The lowest BCUT2D eigenvalue weighted by molar-refractivity contribution is -0.123. The molecule has 5 heteroatoms. The summed E-state index contributed by atoms with van der Waals surface area (Å²) in [5, 5.41) is 4.31. The summed E-state index contributed by atoms with van der Waals surface area (Å²) in [6.07, 6.45) is 1.67. The highest BCUT2D eigenvalue weighted by Crippen LogP contribution is 2.29. The molecule has 0 radical (unpaired) electrons. The number of rotatable bonds is 6. The molecule has 3 rings (SSSR count). The number of amides is 1. The van der Waals surface area contributed by atoms with E-state index >= 15 is 0 Å². The molecule has 3 aromatic rings. The summed E-state index contributed by atoms with van der Waals surface area (Å²) < 4.78 is 5.64. The lowest BCUT2D eigenvalue weighted by atomic mass is 10.0. The predicted molar refractivity (Wildman–Crippen MR) is 100 cm³/mol. The monoisotopic (exact) mass is 354 g/mol. The molecule has 0 saturated carbocycles. The van der Waals surface area contributed by atoms with Crippen molar-refractivity contribution in [2.24, 2.45) is 0 Å². The van der Waals surface area contributed by atoms with Crippen molar-refractivity contribution in [1.82, 2.24) is 10.3 Å². The minimum Gasteiger partial charge on any atom is -0.481 e. The number of aromatic nitrogens is 1. The topological polar surface area (TPSA) is 51.2 Å². The molecular weight excluding hydrogens is 336 g/mol. The smallest absolute Gasteiger partial charge is 0.257 e. The highest BCUT2D eigenvalue weighted by atomic mass is 35.5. The largest absolute Gasteiger partial charge is 0.481 e. The van der Waals surface area contributed by atoms with E-state index in [4.69, 9.17) is 16.3 Å². The van der Waals surface area contributed by atoms with Gasteiger partial charge in [-0.25, -0.2) is 0 Å². The van der Waals surface area contributed by atoms with Gasteiger partial charge in [0.15, 0.2) is 6.61 Å². The Balaban J connectivity index is 1.57. The number of benzene rings is 2. The molecule has 1 aromatic heterocycles. The number of carbonyl (C=O) groups is 1. The van der Waals surface area contributed by atoms with Crippen molar-refractivity contribution in [1.29, 1.82) is 0 Å². The molecule has 0 unspecified atom stereocenters. The van der Waals surface area contributed by atoms with E-state index in [1.165, 1.54) is 5.56 Å². The maximum Gasteiger partial charge on any atom is 0.257 e. The maximum atomic E-state index is 12.1. The van der Waals surface area contributed by atoms with Crippen LogP contribution < -0.4 is 10.1 Å². The zero-order valence-corrected chi connectivity index (χ0v) is 14.7. The molecular formula is C20H19ClN2O2. The van der Waals surface area contributed by atoms with Gasteiger partial charge in [0.2, 0.25) is 0 Å². The summed E-state index contributed by atoms with van der Waals surface area (Å²) in [7, 11) is 0. The number of hydrogen-bond acceptors (Lipinski definition) is 3. The SMILES string of the molecule is C[C@H](CNC(=O)COc1ccc(Cl)c2cccnc12)c1ccccc1. The molecule has 1 atom stereocenters. The first-order valence-corrected chi connectivity index (χ1v) is 8.50. The van der Waals surface area contributed by atoms with Crippen LogP contribution in [-0.4, -0.2) is 24.0 Å². The van der Waals surface area contributed by atoms with Crippen molar-refractivity contribution < 1.29 is 9.53 Å². The molecule has 0 fully saturated rings. The molecule has 128 valence electrons. The normalized spacial score (nSPS) is 11.9. The van der Waals surface area contributed by atoms with Crippen LogP contribution in [0, 0.1) is 0 Å². The van der Waals surface area contributed by atoms with Crippen LogP contribution in [-0.2, 0) is 4.79 Å². The number of halogens is 1. The third kappa shape index (κ3) is 4.28. The standard InChI is InChI=1S/C20H19ClN2O2/c1-14(15-6-3-2-4-7-15)12-23-19(24)13-25-18-10-9-17(21)16-8-5-11-22-20(16)18/h2-11,14H,12-13H2,1H3,(H,23,24)/t14-/m1/s1. The second-order valence-electron chi connectivity index (χ2n) is 5.85. The number of nitrogens with zero attached hydrogens (tertiary/aromatic N) is 1. The minimum absolute atomic E-state index is 0.0607. The fourth-order valence-corrected chi connectivity index (χ4v) is 2.80. The Hall–Kier alpha value is -2.59. The summed E-state index contributed by atoms with van der Waals surface area (Å²) in [5.41, 5.74) is 1.84. The average Bonchev–Trinajstić information content (AvgIpc) is 2.66. The fourth-order valence-electron chi connectivity index (χ4n) is 2.59. The molecule has 0 aliphatic carbocycles. The zero-order valence-electron chi connectivity index (χ0n) is 13.9. The highest BCUT2D eigenvalue weighted by molar-refractivity contribution is 6.35. The van der Waals surface area contributed by atoms with E-state index in [-0.39, 0.29) is 18.4 Å². The first kappa shape index (κ1) is 17.2. The number of carbonyl (C=O) groups excluding carboxylic acids is 1. The second kappa shape index (κ2) is 7.99. The van der Waals surface area contributed by atoms with Crippen molar-refractivity contribution in [2.45, 2.75) is 12.8 Å². The quantitative estimate of drug-likeness (QED) is 0.722. The van der Waals surface area contributed by atoms with Crippen LogP contribution in [0.15, 0.2) is 60.8 Å². The van der Waals surface area contributed by atoms with Gasteiger partial charge in [-0.1, -0.05) is 48.9 Å². The number of hydrogen-bond donors (Lipinski definition) is 1. The van der Waals surface area contributed by atoms with E-state index in [0.717, 1.165) is 5.39 Å². The Morgan fingerprint density at radius 1 is 1.16 bits per heavy atom. The first-order valence-electron chi connectivity index (χ1n) is 8.13. The van der Waals surface area contributed by atoms with Gasteiger partial charge in [0.05, 0.1) is 5.02 Å². The summed E-state index contributed by atoms with van der Waals surface area (Å²) in [6, 6.07) is 17.2. The van der Waals surface area contributed by atoms with Gasteiger partial charge >= 0.3 is 0 Å². The Morgan fingerprint density at radius 3 is 2.76 bits per heavy atom. The number of pyridine rings is 1. The second-order valence-corrected chi connectivity index (χ2v) is 6.26. The van der Waals surface area contributed by atoms with Gasteiger partial charge < -0.3 is 10.1 Å². The molecule has 0 saturated heterocycles. The lowest BCUT2D eigenvalue weighted by Gasteiger charge is -2.14. The highest BCUT2D eigenvalue weighted by Gasteiger charge is 2.11. The van der Waals surface area contributed by atoms with Crippen molar-refractivity contribution in [3.63, 3.8) is 0 Å². The minimum atomic E-state index is -0.165. The molecule has 0 bridgehead atoms. The van der Waals surface area contributed by atoms with Crippen LogP contribution in [0.3, 0.4) is 0 Å². The van der Waals surface area contributed by atoms with Gasteiger partial charge in [-0.3, -0.25) is 9.78 Å². The predicted octanol–water partition coefficient (Wildman–Crippen LogP) is 4.19. The van der Waals surface area contributed by atoms with Gasteiger partial charge in [0.1, 0.15) is 11.3 Å². The molecule has 0 spiro atoms. The van der Waals surface area contributed by atoms with Crippen LogP contribution in [0.25, 0.3) is 10.9 Å². The van der Waals surface area contributed by atoms with Crippen LogP contribution in [0.5, 0.6) is 5.75 Å². The summed E-state index contributed by atoms with van der Waals surface area (Å²) in [4.78, 5) is 16.4. The van der Waals surface area contributed by atoms with Gasteiger partial charge in [-0.05, 0) is 35.7 Å². The molecule has 25 heavy (non-hydrogen) atoms. The van der Waals surface area contributed by atoms with Crippen LogP contribution in [0.1, 0.15) is 18.4 Å². The Bertz CT molecular complexity index is 868.